The summed E-state index contributed by atoms with van der Waals surface area (Å²) in [6, 6.07) is 18.4. The highest BCUT2D eigenvalue weighted by Crippen LogP contribution is 2.18. The van der Waals surface area contributed by atoms with E-state index in [0.29, 0.717) is 13.2 Å². The Bertz CT molecular complexity index is 703. The van der Waals surface area contributed by atoms with Crippen LogP contribution in [0, 0.1) is 0 Å². The fraction of sp³-hybridized carbons (Fsp3) is 0.176. The number of nitrogens with zero attached hydrogens (tertiary/aromatic N) is 1. The third-order valence-corrected chi connectivity index (χ3v) is 3.46. The Morgan fingerprint density at radius 2 is 1.75 bits per heavy atom. The molecule has 0 saturated heterocycles. The van der Waals surface area contributed by atoms with Crippen LogP contribution in [0.5, 0.6) is 5.75 Å². The fourth-order valence-electron chi connectivity index (χ4n) is 2.40. The molecule has 3 rings (SSSR count). The minimum atomic E-state index is 0.503. The highest BCUT2D eigenvalue weighted by atomic mass is 16.5. The lowest BCUT2D eigenvalue weighted by molar-refractivity contribution is 0.297. The molecule has 3 heteroatoms. The van der Waals surface area contributed by atoms with Gasteiger partial charge in [-0.2, -0.15) is 0 Å². The van der Waals surface area contributed by atoms with E-state index in [9.17, 15) is 0 Å². The lowest BCUT2D eigenvalue weighted by Crippen LogP contribution is -2.09. The number of hydrogen-bond donors (Lipinski definition) is 1. The zero-order chi connectivity index (χ0) is 13.8. The topological polar surface area (TPSA) is 40.2 Å². The number of benzene rings is 2. The molecule has 0 aliphatic rings. The average Bonchev–Trinajstić information content (AvgIpc) is 2.91. The maximum atomic E-state index is 5.85. The normalized spacial score (nSPS) is 10.8. The number of hydrogen-bond acceptors (Lipinski definition) is 2. The van der Waals surface area contributed by atoms with E-state index in [2.05, 4.69) is 41.1 Å². The maximum absolute atomic E-state index is 5.85. The molecule has 0 atom stereocenters. The summed E-state index contributed by atoms with van der Waals surface area (Å²) in [5.41, 5.74) is 7.99. The number of aromatic nitrogens is 1. The van der Waals surface area contributed by atoms with Crippen LogP contribution in [0.25, 0.3) is 10.9 Å². The van der Waals surface area contributed by atoms with E-state index >= 15 is 0 Å². The van der Waals surface area contributed by atoms with Crippen molar-refractivity contribution in [2.45, 2.75) is 13.1 Å². The Kier molecular flexibility index (Phi) is 3.70. The molecule has 0 unspecified atom stereocenters. The minimum Gasteiger partial charge on any atom is -0.491 e. The summed E-state index contributed by atoms with van der Waals surface area (Å²) in [5, 5.41) is 1.26. The number of nitrogens with two attached hydrogens (primary N) is 1. The Balaban J connectivity index is 1.68. The Hall–Kier alpha value is -2.26. The summed E-state index contributed by atoms with van der Waals surface area (Å²) in [6.07, 6.45) is 2.10. The van der Waals surface area contributed by atoms with Crippen molar-refractivity contribution in [2.24, 2.45) is 5.73 Å². The lowest BCUT2D eigenvalue weighted by Gasteiger charge is -2.11. The van der Waals surface area contributed by atoms with Crippen molar-refractivity contribution in [1.29, 1.82) is 0 Å². The highest BCUT2D eigenvalue weighted by Gasteiger charge is 2.02. The van der Waals surface area contributed by atoms with Crippen LogP contribution in [0.2, 0.25) is 0 Å². The van der Waals surface area contributed by atoms with Crippen molar-refractivity contribution in [3.05, 3.63) is 66.4 Å². The largest absolute Gasteiger partial charge is 0.491 e. The first-order valence-electron chi connectivity index (χ1n) is 6.83. The zero-order valence-electron chi connectivity index (χ0n) is 11.3. The molecular formula is C17H18N2O. The van der Waals surface area contributed by atoms with Gasteiger partial charge < -0.3 is 15.0 Å². The summed E-state index contributed by atoms with van der Waals surface area (Å²) in [6.45, 7) is 1.96. The smallest absolute Gasteiger partial charge is 0.123 e. The van der Waals surface area contributed by atoms with Crippen LogP contribution < -0.4 is 10.5 Å². The van der Waals surface area contributed by atoms with Gasteiger partial charge in [-0.1, -0.05) is 36.4 Å². The quantitative estimate of drug-likeness (QED) is 0.770. The number of fused-ring (bicyclic) bond motifs is 1. The highest BCUT2D eigenvalue weighted by molar-refractivity contribution is 5.79. The second-order valence-electron chi connectivity index (χ2n) is 4.73. The first-order valence-corrected chi connectivity index (χ1v) is 6.83. The van der Waals surface area contributed by atoms with Crippen LogP contribution >= 0.6 is 0 Å². The third kappa shape index (κ3) is 2.53. The van der Waals surface area contributed by atoms with Gasteiger partial charge in [0, 0.05) is 23.8 Å². The molecule has 1 heterocycles. The molecule has 0 spiro atoms. The predicted molar refractivity (Wildman–Crippen MR) is 81.8 cm³/mol. The van der Waals surface area contributed by atoms with Crippen molar-refractivity contribution in [2.75, 3.05) is 6.61 Å². The summed E-state index contributed by atoms with van der Waals surface area (Å²) < 4.78 is 8.06. The minimum absolute atomic E-state index is 0.503. The first-order chi connectivity index (χ1) is 9.88. The Morgan fingerprint density at radius 3 is 2.65 bits per heavy atom. The van der Waals surface area contributed by atoms with Crippen LogP contribution in [-0.2, 0) is 13.1 Å². The van der Waals surface area contributed by atoms with Gasteiger partial charge >= 0.3 is 0 Å². The molecule has 0 saturated carbocycles. The molecule has 0 aliphatic heterocycles. The molecule has 1 aromatic heterocycles. The van der Waals surface area contributed by atoms with E-state index in [0.717, 1.165) is 17.9 Å². The van der Waals surface area contributed by atoms with Gasteiger partial charge in [0.1, 0.15) is 12.4 Å². The van der Waals surface area contributed by atoms with Gasteiger partial charge in [0.15, 0.2) is 0 Å². The molecule has 20 heavy (non-hydrogen) atoms. The van der Waals surface area contributed by atoms with Crippen molar-refractivity contribution in [3.63, 3.8) is 0 Å². The number of rotatable bonds is 5. The standard InChI is InChI=1S/C17H18N2O/c18-13-15-6-2-4-8-17(15)20-12-11-19-10-9-14-5-1-3-7-16(14)19/h1-10H,11-13,18H2. The van der Waals surface area contributed by atoms with Gasteiger partial charge in [0.05, 0.1) is 6.54 Å². The molecule has 102 valence electrons. The number of para-hydroxylation sites is 2. The second kappa shape index (κ2) is 5.80. The monoisotopic (exact) mass is 266 g/mol. The van der Waals surface area contributed by atoms with Crippen molar-refractivity contribution in [3.8, 4) is 5.75 Å². The molecular weight excluding hydrogens is 248 g/mol. The van der Waals surface area contributed by atoms with E-state index in [1.165, 1.54) is 10.9 Å². The maximum Gasteiger partial charge on any atom is 0.123 e. The van der Waals surface area contributed by atoms with E-state index in [1.54, 1.807) is 0 Å². The van der Waals surface area contributed by atoms with Gasteiger partial charge in [0.25, 0.3) is 0 Å². The Labute approximate surface area is 118 Å². The van der Waals surface area contributed by atoms with Crippen molar-refractivity contribution in [1.82, 2.24) is 4.57 Å². The summed E-state index contributed by atoms with van der Waals surface area (Å²) >= 11 is 0. The summed E-state index contributed by atoms with van der Waals surface area (Å²) in [4.78, 5) is 0. The van der Waals surface area contributed by atoms with Crippen LogP contribution in [-0.4, -0.2) is 11.2 Å². The summed E-state index contributed by atoms with van der Waals surface area (Å²) in [5.74, 6) is 0.881. The van der Waals surface area contributed by atoms with Crippen LogP contribution in [0.4, 0.5) is 0 Å². The number of ether oxygens (including phenoxy) is 1. The van der Waals surface area contributed by atoms with Crippen molar-refractivity contribution >= 4 is 10.9 Å². The van der Waals surface area contributed by atoms with Gasteiger partial charge in [0.2, 0.25) is 0 Å². The fourth-order valence-corrected chi connectivity index (χ4v) is 2.40. The molecule has 0 aliphatic carbocycles. The summed E-state index contributed by atoms with van der Waals surface area (Å²) in [7, 11) is 0. The van der Waals surface area contributed by atoms with E-state index in [4.69, 9.17) is 10.5 Å². The van der Waals surface area contributed by atoms with E-state index < -0.39 is 0 Å². The van der Waals surface area contributed by atoms with Crippen LogP contribution in [0.15, 0.2) is 60.8 Å². The lowest BCUT2D eigenvalue weighted by atomic mass is 10.2. The third-order valence-electron chi connectivity index (χ3n) is 3.46. The van der Waals surface area contributed by atoms with E-state index in [1.807, 2.05) is 24.3 Å². The SMILES string of the molecule is NCc1ccccc1OCCn1ccc2ccccc21. The van der Waals surface area contributed by atoms with Gasteiger partial charge in [-0.05, 0) is 23.6 Å². The van der Waals surface area contributed by atoms with E-state index in [-0.39, 0.29) is 0 Å². The molecule has 0 fully saturated rings. The molecule has 2 N–H and O–H groups in total. The second-order valence-corrected chi connectivity index (χ2v) is 4.73. The van der Waals surface area contributed by atoms with Gasteiger partial charge in [-0.15, -0.1) is 0 Å². The average molecular weight is 266 g/mol. The molecule has 3 aromatic rings. The molecule has 0 radical (unpaired) electrons. The van der Waals surface area contributed by atoms with Gasteiger partial charge in [-0.3, -0.25) is 0 Å². The molecule has 3 nitrogen and oxygen atoms in total. The van der Waals surface area contributed by atoms with Crippen LogP contribution in [0.1, 0.15) is 5.56 Å². The molecule has 0 amide bonds. The predicted octanol–water partition coefficient (Wildman–Crippen LogP) is 3.18. The molecule has 0 bridgehead atoms. The van der Waals surface area contributed by atoms with Crippen molar-refractivity contribution < 1.29 is 4.74 Å². The van der Waals surface area contributed by atoms with Crippen LogP contribution in [0.3, 0.4) is 0 Å². The molecule has 2 aromatic carbocycles. The first kappa shape index (κ1) is 12.8. The zero-order valence-corrected chi connectivity index (χ0v) is 11.3. The van der Waals surface area contributed by atoms with Gasteiger partial charge in [-0.25, -0.2) is 0 Å². The Morgan fingerprint density at radius 1 is 0.950 bits per heavy atom.